The van der Waals surface area contributed by atoms with E-state index in [0.717, 1.165) is 19.4 Å². The number of rotatable bonds is 6. The van der Waals surface area contributed by atoms with Gasteiger partial charge in [-0.25, -0.2) is 0 Å². The molecule has 0 aliphatic rings. The molecule has 0 radical (unpaired) electrons. The van der Waals surface area contributed by atoms with E-state index >= 15 is 0 Å². The maximum atomic E-state index is 4.50. The lowest BCUT2D eigenvalue weighted by Crippen LogP contribution is -2.21. The minimum absolute atomic E-state index is 0.391. The van der Waals surface area contributed by atoms with E-state index in [4.69, 9.17) is 0 Å². The highest BCUT2D eigenvalue weighted by molar-refractivity contribution is 5.25. The van der Waals surface area contributed by atoms with Crippen molar-refractivity contribution in [2.45, 2.75) is 46.2 Å². The summed E-state index contributed by atoms with van der Waals surface area (Å²) < 4.78 is 0. The lowest BCUT2D eigenvalue weighted by atomic mass is 10.0. The largest absolute Gasteiger partial charge is 0.304 e. The van der Waals surface area contributed by atoms with Gasteiger partial charge in [-0.2, -0.15) is 0 Å². The third-order valence-corrected chi connectivity index (χ3v) is 3.77. The van der Waals surface area contributed by atoms with Gasteiger partial charge in [-0.05, 0) is 37.0 Å². The Morgan fingerprint density at radius 1 is 1.10 bits per heavy atom. The fourth-order valence-electron chi connectivity index (χ4n) is 2.47. The van der Waals surface area contributed by atoms with Crippen LogP contribution in [0.4, 0.5) is 0 Å². The summed E-state index contributed by atoms with van der Waals surface area (Å²) >= 11 is 0. The first-order valence-electron chi connectivity index (χ1n) is 7.47. The van der Waals surface area contributed by atoms with Gasteiger partial charge in [0.2, 0.25) is 0 Å². The summed E-state index contributed by atoms with van der Waals surface area (Å²) in [4.78, 5) is 4.50. The number of nitrogens with one attached hydrogen (secondary N) is 1. The Morgan fingerprint density at radius 3 is 2.50 bits per heavy atom. The zero-order valence-electron chi connectivity index (χ0n) is 12.7. The highest BCUT2D eigenvalue weighted by atomic mass is 14.9. The summed E-state index contributed by atoms with van der Waals surface area (Å²) in [6, 6.07) is 13.4. The fraction of sp³-hybridized carbons (Fsp3) is 0.389. The van der Waals surface area contributed by atoms with Crippen LogP contribution in [0.1, 0.15) is 48.7 Å². The van der Waals surface area contributed by atoms with Crippen LogP contribution in [0.15, 0.2) is 42.6 Å². The van der Waals surface area contributed by atoms with Gasteiger partial charge < -0.3 is 5.32 Å². The first kappa shape index (κ1) is 14.7. The maximum Gasteiger partial charge on any atom is 0.0573 e. The molecule has 1 aromatic carbocycles. The average Bonchev–Trinajstić information content (AvgIpc) is 2.50. The van der Waals surface area contributed by atoms with Crippen LogP contribution >= 0.6 is 0 Å². The highest BCUT2D eigenvalue weighted by Crippen LogP contribution is 2.18. The third-order valence-electron chi connectivity index (χ3n) is 3.77. The fourth-order valence-corrected chi connectivity index (χ4v) is 2.47. The van der Waals surface area contributed by atoms with Gasteiger partial charge in [0.15, 0.2) is 0 Å². The van der Waals surface area contributed by atoms with Gasteiger partial charge in [0.25, 0.3) is 0 Å². The molecule has 0 spiro atoms. The average molecular weight is 268 g/mol. The molecule has 0 aliphatic heterocycles. The number of aromatic nitrogens is 1. The van der Waals surface area contributed by atoms with Crippen molar-refractivity contribution in [1.29, 1.82) is 0 Å². The molecule has 0 saturated heterocycles. The molecule has 106 valence electrons. The van der Waals surface area contributed by atoms with Gasteiger partial charge in [0.1, 0.15) is 0 Å². The van der Waals surface area contributed by atoms with Crippen LogP contribution in [0.3, 0.4) is 0 Å². The minimum Gasteiger partial charge on any atom is -0.304 e. The Hall–Kier alpha value is -1.67. The van der Waals surface area contributed by atoms with E-state index in [2.05, 4.69) is 61.4 Å². The zero-order valence-corrected chi connectivity index (χ0v) is 12.7. The predicted octanol–water partition coefficient (Wildman–Crippen LogP) is 4.19. The normalized spacial score (nSPS) is 12.3. The highest BCUT2D eigenvalue weighted by Gasteiger charge is 2.09. The molecule has 2 rings (SSSR count). The van der Waals surface area contributed by atoms with E-state index in [1.807, 2.05) is 12.3 Å². The van der Waals surface area contributed by atoms with Crippen molar-refractivity contribution >= 4 is 0 Å². The molecule has 20 heavy (non-hydrogen) atoms. The van der Waals surface area contributed by atoms with E-state index in [-0.39, 0.29) is 0 Å². The van der Waals surface area contributed by atoms with Crippen molar-refractivity contribution in [2.24, 2.45) is 0 Å². The summed E-state index contributed by atoms with van der Waals surface area (Å²) in [6.45, 7) is 7.35. The summed E-state index contributed by atoms with van der Waals surface area (Å²) in [5, 5.41) is 3.63. The van der Waals surface area contributed by atoms with Gasteiger partial charge in [-0.3, -0.25) is 4.98 Å². The molecular formula is C18H24N2. The first-order chi connectivity index (χ1) is 9.74. The Labute approximate surface area is 122 Å². The van der Waals surface area contributed by atoms with Crippen molar-refractivity contribution in [3.63, 3.8) is 0 Å². The summed E-state index contributed by atoms with van der Waals surface area (Å²) in [5.74, 6) is 0. The molecule has 0 fully saturated rings. The van der Waals surface area contributed by atoms with E-state index < -0.39 is 0 Å². The molecule has 0 bridgehead atoms. The SMILES string of the molecule is CCc1cccnc1CNC(CC)c1ccc(C)cc1. The van der Waals surface area contributed by atoms with Crippen LogP contribution < -0.4 is 5.32 Å². The van der Waals surface area contributed by atoms with Gasteiger partial charge in [0, 0.05) is 18.8 Å². The minimum atomic E-state index is 0.391. The molecule has 2 aromatic rings. The van der Waals surface area contributed by atoms with Crippen LogP contribution in [0.25, 0.3) is 0 Å². The van der Waals surface area contributed by atoms with Crippen LogP contribution in [0, 0.1) is 6.92 Å². The number of benzene rings is 1. The standard InChI is InChI=1S/C18H24N2/c1-4-15-7-6-12-19-18(15)13-20-17(5-2)16-10-8-14(3)9-11-16/h6-12,17,20H,4-5,13H2,1-3H3. The van der Waals surface area contributed by atoms with Crippen LogP contribution in [-0.2, 0) is 13.0 Å². The summed E-state index contributed by atoms with van der Waals surface area (Å²) in [6.07, 6.45) is 3.99. The molecule has 1 atom stereocenters. The molecule has 0 amide bonds. The maximum absolute atomic E-state index is 4.50. The Balaban J connectivity index is 2.05. The lowest BCUT2D eigenvalue weighted by molar-refractivity contribution is 0.512. The molecule has 2 nitrogen and oxygen atoms in total. The monoisotopic (exact) mass is 268 g/mol. The van der Waals surface area contributed by atoms with Crippen molar-refractivity contribution in [2.75, 3.05) is 0 Å². The Morgan fingerprint density at radius 2 is 1.85 bits per heavy atom. The van der Waals surface area contributed by atoms with E-state index in [1.54, 1.807) is 0 Å². The molecule has 1 aromatic heterocycles. The van der Waals surface area contributed by atoms with Crippen molar-refractivity contribution in [3.05, 3.63) is 65.0 Å². The second kappa shape index (κ2) is 7.20. The number of hydrogen-bond acceptors (Lipinski definition) is 2. The number of nitrogens with zero attached hydrogens (tertiary/aromatic N) is 1. The summed E-state index contributed by atoms with van der Waals surface area (Å²) in [7, 11) is 0. The number of aryl methyl sites for hydroxylation is 2. The predicted molar refractivity (Wildman–Crippen MR) is 84.7 cm³/mol. The van der Waals surface area contributed by atoms with Crippen molar-refractivity contribution in [3.8, 4) is 0 Å². The van der Waals surface area contributed by atoms with E-state index in [1.165, 1.54) is 22.4 Å². The van der Waals surface area contributed by atoms with E-state index in [9.17, 15) is 0 Å². The molecule has 0 saturated carbocycles. The lowest BCUT2D eigenvalue weighted by Gasteiger charge is -2.18. The van der Waals surface area contributed by atoms with Crippen molar-refractivity contribution < 1.29 is 0 Å². The van der Waals surface area contributed by atoms with Crippen LogP contribution in [0.5, 0.6) is 0 Å². The van der Waals surface area contributed by atoms with Gasteiger partial charge in [-0.1, -0.05) is 49.7 Å². The van der Waals surface area contributed by atoms with Crippen LogP contribution in [-0.4, -0.2) is 4.98 Å². The molecule has 2 heteroatoms. The molecule has 1 heterocycles. The molecular weight excluding hydrogens is 244 g/mol. The Kier molecular flexibility index (Phi) is 5.31. The first-order valence-corrected chi connectivity index (χ1v) is 7.47. The zero-order chi connectivity index (χ0) is 14.4. The van der Waals surface area contributed by atoms with E-state index in [0.29, 0.717) is 6.04 Å². The smallest absolute Gasteiger partial charge is 0.0573 e. The Bertz CT molecular complexity index is 531. The van der Waals surface area contributed by atoms with Gasteiger partial charge in [0.05, 0.1) is 5.69 Å². The molecule has 1 unspecified atom stereocenters. The second-order valence-electron chi connectivity index (χ2n) is 5.22. The van der Waals surface area contributed by atoms with Gasteiger partial charge in [-0.15, -0.1) is 0 Å². The third kappa shape index (κ3) is 3.67. The van der Waals surface area contributed by atoms with Crippen molar-refractivity contribution in [1.82, 2.24) is 10.3 Å². The van der Waals surface area contributed by atoms with Crippen LogP contribution in [0.2, 0.25) is 0 Å². The topological polar surface area (TPSA) is 24.9 Å². The number of pyridine rings is 1. The van der Waals surface area contributed by atoms with Gasteiger partial charge >= 0.3 is 0 Å². The molecule has 1 N–H and O–H groups in total. The number of hydrogen-bond donors (Lipinski definition) is 1. The second-order valence-corrected chi connectivity index (χ2v) is 5.22. The summed E-state index contributed by atoms with van der Waals surface area (Å²) in [5.41, 5.74) is 5.16. The quantitative estimate of drug-likeness (QED) is 0.849. The molecule has 0 aliphatic carbocycles.